The van der Waals surface area contributed by atoms with Crippen LogP contribution in [0.4, 0.5) is 5.69 Å². The minimum Gasteiger partial charge on any atom is -0.477 e. The van der Waals surface area contributed by atoms with Gasteiger partial charge in [-0.1, -0.05) is 11.6 Å². The van der Waals surface area contributed by atoms with Crippen molar-refractivity contribution in [3.63, 3.8) is 0 Å². The smallest absolute Gasteiger partial charge is 0.354 e. The van der Waals surface area contributed by atoms with E-state index in [-0.39, 0.29) is 28.2 Å². The highest BCUT2D eigenvalue weighted by molar-refractivity contribution is 6.30. The van der Waals surface area contributed by atoms with Crippen molar-refractivity contribution in [3.05, 3.63) is 51.3 Å². The van der Waals surface area contributed by atoms with Gasteiger partial charge in [0.15, 0.2) is 5.69 Å². The molecule has 102 valence electrons. The molecule has 9 heteroatoms. The number of rotatable bonds is 4. The Bertz CT molecular complexity index is 692. The molecule has 0 saturated heterocycles. The summed E-state index contributed by atoms with van der Waals surface area (Å²) in [5.74, 6) is -1.40. The lowest BCUT2D eigenvalue weighted by molar-refractivity contribution is -0.385. The van der Waals surface area contributed by atoms with Crippen LogP contribution in [0.1, 0.15) is 10.5 Å². The molecule has 1 heterocycles. The first kappa shape index (κ1) is 13.7. The minimum absolute atomic E-state index is 0.137. The van der Waals surface area contributed by atoms with Crippen molar-refractivity contribution in [3.8, 4) is 11.8 Å². The van der Waals surface area contributed by atoms with Crippen molar-refractivity contribution < 1.29 is 19.6 Å². The summed E-state index contributed by atoms with van der Waals surface area (Å²) in [5, 5.41) is 19.8. The molecule has 2 aromatic rings. The standard InChI is InChI=1S/C11H6ClN3O5/c12-6-1-2-9(8(5-6)15(18)19)20-11-13-4-3-7(14-11)10(16)17/h1-5H,(H,16,17). The first-order valence-corrected chi connectivity index (χ1v) is 5.53. The fourth-order valence-corrected chi connectivity index (χ4v) is 1.49. The number of aromatic carboxylic acids is 1. The van der Waals surface area contributed by atoms with Gasteiger partial charge in [0.25, 0.3) is 0 Å². The van der Waals surface area contributed by atoms with Crippen LogP contribution in [0.15, 0.2) is 30.5 Å². The maximum Gasteiger partial charge on any atom is 0.354 e. The SMILES string of the molecule is O=C(O)c1ccnc(Oc2ccc(Cl)cc2[N+](=O)[O-])n1. The predicted octanol–water partition coefficient (Wildman–Crippen LogP) is 2.53. The molecule has 0 saturated carbocycles. The average molecular weight is 296 g/mol. The fraction of sp³-hybridized carbons (Fsp3) is 0. The fourth-order valence-electron chi connectivity index (χ4n) is 1.33. The largest absolute Gasteiger partial charge is 0.477 e. The normalized spacial score (nSPS) is 10.1. The molecular weight excluding hydrogens is 290 g/mol. The van der Waals surface area contributed by atoms with E-state index >= 15 is 0 Å². The molecular formula is C11H6ClN3O5. The second-order valence-electron chi connectivity index (χ2n) is 3.50. The number of nitro groups is 1. The molecule has 1 N–H and O–H groups in total. The van der Waals surface area contributed by atoms with E-state index in [0.29, 0.717) is 0 Å². The van der Waals surface area contributed by atoms with Crippen LogP contribution in [0.5, 0.6) is 11.8 Å². The van der Waals surface area contributed by atoms with Crippen LogP contribution in [0.2, 0.25) is 5.02 Å². The van der Waals surface area contributed by atoms with E-state index in [2.05, 4.69) is 9.97 Å². The van der Waals surface area contributed by atoms with E-state index in [9.17, 15) is 14.9 Å². The van der Waals surface area contributed by atoms with Gasteiger partial charge < -0.3 is 9.84 Å². The zero-order chi connectivity index (χ0) is 14.7. The van der Waals surface area contributed by atoms with Gasteiger partial charge in [-0.2, -0.15) is 4.98 Å². The van der Waals surface area contributed by atoms with Gasteiger partial charge in [0.1, 0.15) is 0 Å². The summed E-state index contributed by atoms with van der Waals surface area (Å²) in [7, 11) is 0. The van der Waals surface area contributed by atoms with Crippen molar-refractivity contribution in [1.82, 2.24) is 9.97 Å². The summed E-state index contributed by atoms with van der Waals surface area (Å²) in [4.78, 5) is 28.2. The quantitative estimate of drug-likeness (QED) is 0.680. The van der Waals surface area contributed by atoms with Crippen molar-refractivity contribution >= 4 is 23.3 Å². The molecule has 1 aromatic heterocycles. The number of nitro benzene ring substituents is 1. The molecule has 8 nitrogen and oxygen atoms in total. The Kier molecular flexibility index (Phi) is 3.76. The molecule has 20 heavy (non-hydrogen) atoms. The van der Waals surface area contributed by atoms with Crippen LogP contribution in [0.3, 0.4) is 0 Å². The number of aromatic nitrogens is 2. The van der Waals surface area contributed by atoms with Crippen LogP contribution in [0, 0.1) is 10.1 Å². The Morgan fingerprint density at radius 2 is 2.15 bits per heavy atom. The average Bonchev–Trinajstić information content (AvgIpc) is 2.41. The summed E-state index contributed by atoms with van der Waals surface area (Å²) in [6, 6.07) is 4.64. The number of carboxylic acids is 1. The second-order valence-corrected chi connectivity index (χ2v) is 3.94. The summed E-state index contributed by atoms with van der Waals surface area (Å²) in [6.07, 6.45) is 1.17. The molecule has 0 fully saturated rings. The van der Waals surface area contributed by atoms with E-state index in [4.69, 9.17) is 21.4 Å². The zero-order valence-corrected chi connectivity index (χ0v) is 10.4. The lowest BCUT2D eigenvalue weighted by Gasteiger charge is -2.05. The monoisotopic (exact) mass is 295 g/mol. The summed E-state index contributed by atoms with van der Waals surface area (Å²) >= 11 is 5.66. The molecule has 0 amide bonds. The molecule has 0 aliphatic heterocycles. The number of nitrogens with zero attached hydrogens (tertiary/aromatic N) is 3. The minimum atomic E-state index is -1.26. The van der Waals surface area contributed by atoms with Gasteiger partial charge in [0.2, 0.25) is 5.75 Å². The molecule has 2 rings (SSSR count). The first-order valence-electron chi connectivity index (χ1n) is 5.15. The summed E-state index contributed by atoms with van der Waals surface area (Å²) in [6.45, 7) is 0. The van der Waals surface area contributed by atoms with E-state index < -0.39 is 10.9 Å². The van der Waals surface area contributed by atoms with E-state index in [1.54, 1.807) is 0 Å². The third-order valence-corrected chi connectivity index (χ3v) is 2.41. The van der Waals surface area contributed by atoms with Gasteiger partial charge in [-0.15, -0.1) is 0 Å². The van der Waals surface area contributed by atoms with Crippen molar-refractivity contribution in [2.24, 2.45) is 0 Å². The lowest BCUT2D eigenvalue weighted by Crippen LogP contribution is -2.03. The van der Waals surface area contributed by atoms with Crippen molar-refractivity contribution in [2.45, 2.75) is 0 Å². The molecule has 1 aromatic carbocycles. The Morgan fingerprint density at radius 1 is 1.40 bits per heavy atom. The van der Waals surface area contributed by atoms with Crippen LogP contribution >= 0.6 is 11.6 Å². The van der Waals surface area contributed by atoms with Crippen LogP contribution in [0.25, 0.3) is 0 Å². The van der Waals surface area contributed by atoms with E-state index in [1.165, 1.54) is 24.4 Å². The Hall–Kier alpha value is -2.74. The van der Waals surface area contributed by atoms with E-state index in [1.807, 2.05) is 0 Å². The second kappa shape index (κ2) is 5.49. The van der Waals surface area contributed by atoms with Gasteiger partial charge in [-0.3, -0.25) is 10.1 Å². The maximum absolute atomic E-state index is 10.9. The molecule has 0 aliphatic rings. The van der Waals surface area contributed by atoms with Gasteiger partial charge in [0, 0.05) is 17.3 Å². The third kappa shape index (κ3) is 2.98. The van der Waals surface area contributed by atoms with Crippen LogP contribution in [-0.2, 0) is 0 Å². The van der Waals surface area contributed by atoms with Gasteiger partial charge in [0.05, 0.1) is 4.92 Å². The number of hydrogen-bond donors (Lipinski definition) is 1. The number of ether oxygens (including phenoxy) is 1. The number of carbonyl (C=O) groups is 1. The molecule has 0 spiro atoms. The van der Waals surface area contributed by atoms with Crippen molar-refractivity contribution in [1.29, 1.82) is 0 Å². The van der Waals surface area contributed by atoms with Crippen LogP contribution < -0.4 is 4.74 Å². The molecule has 0 unspecified atom stereocenters. The summed E-state index contributed by atoms with van der Waals surface area (Å²) < 4.78 is 5.13. The number of halogens is 1. The Morgan fingerprint density at radius 3 is 2.80 bits per heavy atom. The lowest BCUT2D eigenvalue weighted by atomic mass is 10.3. The van der Waals surface area contributed by atoms with Gasteiger partial charge in [-0.05, 0) is 18.2 Å². The number of hydrogen-bond acceptors (Lipinski definition) is 6. The number of benzene rings is 1. The van der Waals surface area contributed by atoms with E-state index in [0.717, 1.165) is 6.07 Å². The third-order valence-electron chi connectivity index (χ3n) is 2.17. The first-order chi connectivity index (χ1) is 9.47. The molecule has 0 aliphatic carbocycles. The topological polar surface area (TPSA) is 115 Å². The highest BCUT2D eigenvalue weighted by Gasteiger charge is 2.18. The number of carboxylic acid groups (broad SMARTS) is 1. The Balaban J connectivity index is 2.37. The molecule has 0 atom stereocenters. The Labute approximate surface area is 116 Å². The molecule has 0 bridgehead atoms. The summed E-state index contributed by atoms with van der Waals surface area (Å²) in [5.41, 5.74) is -0.659. The van der Waals surface area contributed by atoms with Crippen LogP contribution in [-0.4, -0.2) is 26.0 Å². The van der Waals surface area contributed by atoms with Crippen molar-refractivity contribution in [2.75, 3.05) is 0 Å². The maximum atomic E-state index is 10.9. The van der Waals surface area contributed by atoms with Gasteiger partial charge >= 0.3 is 17.7 Å². The van der Waals surface area contributed by atoms with Gasteiger partial charge in [-0.25, -0.2) is 9.78 Å². The highest BCUT2D eigenvalue weighted by atomic mass is 35.5. The zero-order valence-electron chi connectivity index (χ0n) is 9.69. The predicted molar refractivity (Wildman–Crippen MR) is 67.2 cm³/mol. The molecule has 0 radical (unpaired) electrons. The highest BCUT2D eigenvalue weighted by Crippen LogP contribution is 2.32.